The van der Waals surface area contributed by atoms with Crippen LogP contribution in [0.5, 0.6) is 5.75 Å². The molecular formula is C25H37N3O2. The summed E-state index contributed by atoms with van der Waals surface area (Å²) in [7, 11) is 1.74. The lowest BCUT2D eigenvalue weighted by atomic mass is 9.49. The fourth-order valence-electron chi connectivity index (χ4n) is 7.26. The van der Waals surface area contributed by atoms with E-state index in [9.17, 15) is 4.79 Å². The summed E-state index contributed by atoms with van der Waals surface area (Å²) in [6.07, 6.45) is 7.61. The molecule has 164 valence electrons. The van der Waals surface area contributed by atoms with Gasteiger partial charge in [0.1, 0.15) is 5.75 Å². The van der Waals surface area contributed by atoms with Crippen molar-refractivity contribution in [3.8, 4) is 5.75 Å². The molecule has 4 bridgehead atoms. The maximum atomic E-state index is 13.3. The van der Waals surface area contributed by atoms with E-state index in [1.54, 1.807) is 7.11 Å². The summed E-state index contributed by atoms with van der Waals surface area (Å²) < 4.78 is 5.53. The lowest BCUT2D eigenvalue weighted by Crippen LogP contribution is -2.57. The monoisotopic (exact) mass is 411 g/mol. The lowest BCUT2D eigenvalue weighted by molar-refractivity contribution is -0.147. The first-order valence-corrected chi connectivity index (χ1v) is 12.0. The number of hydrogen-bond acceptors (Lipinski definition) is 4. The van der Waals surface area contributed by atoms with Crippen LogP contribution in [0.25, 0.3) is 0 Å². The second-order valence-electron chi connectivity index (χ2n) is 10.5. The first-order valence-electron chi connectivity index (χ1n) is 12.0. The highest BCUT2D eigenvalue weighted by Gasteiger charge is 2.54. The molecule has 1 aliphatic heterocycles. The minimum atomic E-state index is -0.0361. The Balaban J connectivity index is 1.13. The van der Waals surface area contributed by atoms with E-state index < -0.39 is 0 Å². The maximum Gasteiger partial charge on any atom is 0.226 e. The van der Waals surface area contributed by atoms with Crippen LogP contribution in [-0.4, -0.2) is 56.7 Å². The zero-order valence-corrected chi connectivity index (χ0v) is 18.6. The molecule has 0 spiro atoms. The van der Waals surface area contributed by atoms with Gasteiger partial charge in [0, 0.05) is 44.2 Å². The van der Waals surface area contributed by atoms with Gasteiger partial charge >= 0.3 is 0 Å². The van der Waals surface area contributed by atoms with Crippen molar-refractivity contribution in [2.24, 2.45) is 23.2 Å². The molecule has 1 atom stereocenters. The van der Waals surface area contributed by atoms with Gasteiger partial charge in [0.15, 0.2) is 0 Å². The van der Waals surface area contributed by atoms with Gasteiger partial charge in [-0.3, -0.25) is 9.69 Å². The highest BCUT2D eigenvalue weighted by Crippen LogP contribution is 2.60. The molecule has 1 N–H and O–H groups in total. The Morgan fingerprint density at radius 3 is 2.27 bits per heavy atom. The van der Waals surface area contributed by atoms with Gasteiger partial charge in [-0.2, -0.15) is 0 Å². The molecule has 5 heteroatoms. The molecule has 6 rings (SSSR count). The van der Waals surface area contributed by atoms with Gasteiger partial charge < -0.3 is 15.0 Å². The fraction of sp³-hybridized carbons (Fsp3) is 0.720. The Labute approximate surface area is 181 Å². The molecule has 1 saturated heterocycles. The number of rotatable bonds is 6. The van der Waals surface area contributed by atoms with Crippen molar-refractivity contribution in [2.75, 3.05) is 44.7 Å². The number of para-hydroxylation sites is 2. The third-order valence-electron chi connectivity index (χ3n) is 8.23. The molecule has 0 unspecified atom stereocenters. The van der Waals surface area contributed by atoms with Crippen LogP contribution in [-0.2, 0) is 4.79 Å². The van der Waals surface area contributed by atoms with Crippen LogP contribution in [0.2, 0.25) is 0 Å². The molecule has 30 heavy (non-hydrogen) atoms. The molecule has 0 aromatic heterocycles. The molecule has 1 heterocycles. The Bertz CT molecular complexity index is 736. The molecule has 0 radical (unpaired) electrons. The number of methoxy groups -OCH3 is 1. The summed E-state index contributed by atoms with van der Waals surface area (Å²) in [5, 5.41) is 3.43. The molecular weight excluding hydrogens is 374 g/mol. The number of nitrogens with zero attached hydrogens (tertiary/aromatic N) is 2. The number of anilines is 1. The van der Waals surface area contributed by atoms with Gasteiger partial charge in [-0.1, -0.05) is 12.1 Å². The van der Waals surface area contributed by atoms with E-state index in [1.165, 1.54) is 24.9 Å². The SMILES string of the molecule is COc1ccccc1N1CCN(C[C@@H](C)NC(=O)C23CC4CC(CC(C4)C2)C3)CC1. The van der Waals surface area contributed by atoms with Crippen LogP contribution in [0.4, 0.5) is 5.69 Å². The summed E-state index contributed by atoms with van der Waals surface area (Å²) in [5.74, 6) is 3.77. The van der Waals surface area contributed by atoms with Crippen molar-refractivity contribution in [2.45, 2.75) is 51.5 Å². The predicted molar refractivity (Wildman–Crippen MR) is 120 cm³/mol. The van der Waals surface area contributed by atoms with Crippen molar-refractivity contribution < 1.29 is 9.53 Å². The van der Waals surface area contributed by atoms with E-state index in [1.807, 2.05) is 12.1 Å². The summed E-state index contributed by atoms with van der Waals surface area (Å²) >= 11 is 0. The second-order valence-corrected chi connectivity index (χ2v) is 10.5. The number of ether oxygens (including phenoxy) is 1. The topological polar surface area (TPSA) is 44.8 Å². The number of nitrogens with one attached hydrogen (secondary N) is 1. The largest absolute Gasteiger partial charge is 0.495 e. The summed E-state index contributed by atoms with van der Waals surface area (Å²) in [6, 6.07) is 8.48. The number of carbonyl (C=O) groups is 1. The van der Waals surface area contributed by atoms with Crippen molar-refractivity contribution in [1.29, 1.82) is 0 Å². The van der Waals surface area contributed by atoms with Crippen LogP contribution < -0.4 is 15.0 Å². The van der Waals surface area contributed by atoms with E-state index in [0.717, 1.165) is 75.5 Å². The molecule has 4 aliphatic carbocycles. The highest BCUT2D eigenvalue weighted by atomic mass is 16.5. The number of piperazine rings is 1. The molecule has 5 fully saturated rings. The van der Waals surface area contributed by atoms with Crippen molar-refractivity contribution in [3.63, 3.8) is 0 Å². The van der Waals surface area contributed by atoms with E-state index in [4.69, 9.17) is 4.74 Å². The molecule has 1 amide bonds. The third kappa shape index (κ3) is 3.81. The zero-order chi connectivity index (χ0) is 20.7. The Hall–Kier alpha value is -1.75. The standard InChI is InChI=1S/C25H37N3O2/c1-18(26-24(29)25-14-19-11-20(15-25)13-21(12-19)16-25)17-27-7-9-28(10-8-27)22-5-3-4-6-23(22)30-2/h3-6,18-21H,7-17H2,1-2H3,(H,26,29)/t18-,19?,20?,21?,25?/m1/s1. The summed E-state index contributed by atoms with van der Waals surface area (Å²) in [4.78, 5) is 18.2. The number of benzene rings is 1. The third-order valence-corrected chi connectivity index (χ3v) is 8.23. The van der Waals surface area contributed by atoms with E-state index >= 15 is 0 Å². The van der Waals surface area contributed by atoms with Gasteiger partial charge in [-0.05, 0) is 75.3 Å². The van der Waals surface area contributed by atoms with E-state index in [2.05, 4.69) is 34.2 Å². The highest BCUT2D eigenvalue weighted by molar-refractivity contribution is 5.83. The van der Waals surface area contributed by atoms with Gasteiger partial charge in [0.25, 0.3) is 0 Å². The molecule has 4 saturated carbocycles. The second kappa shape index (κ2) is 8.07. The molecule has 5 nitrogen and oxygen atoms in total. The zero-order valence-electron chi connectivity index (χ0n) is 18.6. The minimum Gasteiger partial charge on any atom is -0.495 e. The molecule has 1 aromatic rings. The Kier molecular flexibility index (Phi) is 5.42. The van der Waals surface area contributed by atoms with Gasteiger partial charge in [0.05, 0.1) is 12.8 Å². The summed E-state index contributed by atoms with van der Waals surface area (Å²) in [5.41, 5.74) is 1.15. The fourth-order valence-corrected chi connectivity index (χ4v) is 7.26. The van der Waals surface area contributed by atoms with Crippen LogP contribution in [0, 0.1) is 23.2 Å². The number of carbonyl (C=O) groups excluding carboxylic acids is 1. The van der Waals surface area contributed by atoms with E-state index in [0.29, 0.717) is 5.91 Å². The molecule has 5 aliphatic rings. The van der Waals surface area contributed by atoms with Crippen LogP contribution in [0.3, 0.4) is 0 Å². The van der Waals surface area contributed by atoms with Crippen molar-refractivity contribution >= 4 is 11.6 Å². The first-order chi connectivity index (χ1) is 14.5. The minimum absolute atomic E-state index is 0.0361. The van der Waals surface area contributed by atoms with Gasteiger partial charge in [-0.15, -0.1) is 0 Å². The number of amides is 1. The lowest BCUT2D eigenvalue weighted by Gasteiger charge is -2.55. The van der Waals surface area contributed by atoms with Gasteiger partial charge in [-0.25, -0.2) is 0 Å². The Morgan fingerprint density at radius 2 is 1.67 bits per heavy atom. The normalized spacial score (nSPS) is 34.1. The van der Waals surface area contributed by atoms with E-state index in [-0.39, 0.29) is 11.5 Å². The predicted octanol–water partition coefficient (Wildman–Crippen LogP) is 3.54. The average Bonchev–Trinajstić information content (AvgIpc) is 2.73. The van der Waals surface area contributed by atoms with Crippen LogP contribution >= 0.6 is 0 Å². The first kappa shape index (κ1) is 20.2. The maximum absolute atomic E-state index is 13.3. The average molecular weight is 412 g/mol. The molecule has 1 aromatic carbocycles. The quantitative estimate of drug-likeness (QED) is 0.778. The summed E-state index contributed by atoms with van der Waals surface area (Å²) in [6.45, 7) is 7.17. The Morgan fingerprint density at radius 1 is 1.07 bits per heavy atom. The van der Waals surface area contributed by atoms with Crippen LogP contribution in [0.15, 0.2) is 24.3 Å². The van der Waals surface area contributed by atoms with Crippen LogP contribution in [0.1, 0.15) is 45.4 Å². The van der Waals surface area contributed by atoms with Gasteiger partial charge in [0.2, 0.25) is 5.91 Å². The smallest absolute Gasteiger partial charge is 0.226 e. The van der Waals surface area contributed by atoms with Crippen molar-refractivity contribution in [1.82, 2.24) is 10.2 Å². The number of hydrogen-bond donors (Lipinski definition) is 1. The van der Waals surface area contributed by atoms with Crippen molar-refractivity contribution in [3.05, 3.63) is 24.3 Å².